The van der Waals surface area contributed by atoms with Gasteiger partial charge in [-0.1, -0.05) is 22.0 Å². The van der Waals surface area contributed by atoms with Crippen molar-refractivity contribution in [2.75, 3.05) is 0 Å². The maximum absolute atomic E-state index is 10.5. The molecule has 11 heavy (non-hydrogen) atoms. The van der Waals surface area contributed by atoms with Crippen molar-refractivity contribution < 1.29 is 9.90 Å². The maximum atomic E-state index is 10.5. The number of halogens is 1. The van der Waals surface area contributed by atoms with Crippen molar-refractivity contribution in [3.05, 3.63) is 16.5 Å². The molecule has 0 saturated carbocycles. The maximum Gasteiger partial charge on any atom is 0.346 e. The van der Waals surface area contributed by atoms with Crippen LogP contribution in [0.1, 0.15) is 15.2 Å². The molecule has 0 aliphatic heterocycles. The monoisotopic (exact) mass is 230 g/mol. The van der Waals surface area contributed by atoms with Crippen molar-refractivity contribution >= 4 is 45.9 Å². The van der Waals surface area contributed by atoms with Crippen LogP contribution in [0.5, 0.6) is 0 Å². The predicted octanol–water partition coefficient (Wildman–Crippen LogP) is 1.14. The average Bonchev–Trinajstić information content (AvgIpc) is 2.30. The Morgan fingerprint density at radius 1 is 1.82 bits per heavy atom. The van der Waals surface area contributed by atoms with Crippen molar-refractivity contribution in [2.24, 2.45) is 0 Å². The van der Waals surface area contributed by atoms with Crippen LogP contribution in [0.3, 0.4) is 0 Å². The second-order valence-electron chi connectivity index (χ2n) is 1.94. The molecule has 0 unspecified atom stereocenters. The van der Waals surface area contributed by atoms with Gasteiger partial charge in [-0.25, -0.2) is 4.79 Å². The lowest BCUT2D eigenvalue weighted by Gasteiger charge is -1.90. The predicted molar refractivity (Wildman–Crippen MR) is 49.3 cm³/mol. The minimum atomic E-state index is -0.916. The molecule has 0 aliphatic carbocycles. The van der Waals surface area contributed by atoms with Crippen LogP contribution < -0.4 is 4.78 Å². The molecule has 0 saturated heterocycles. The molecule has 1 aromatic rings. The minimum Gasteiger partial charge on any atom is -0.477 e. The topological polar surface area (TPSA) is 37.3 Å². The molecule has 2 nitrogen and oxygen atoms in total. The summed E-state index contributed by atoms with van der Waals surface area (Å²) in [7, 11) is 5.43. The molecule has 1 rings (SSSR count). The third-order valence-corrected chi connectivity index (χ3v) is 2.76. The van der Waals surface area contributed by atoms with Gasteiger partial charge < -0.3 is 5.11 Å². The summed E-state index contributed by atoms with van der Waals surface area (Å²) in [6.45, 7) is 0. The number of hydrogen-bond acceptors (Lipinski definition) is 2. The molecular weight excluding hydrogens is 227 g/mol. The molecule has 0 spiro atoms. The summed E-state index contributed by atoms with van der Waals surface area (Å²) >= 11 is 4.27. The summed E-state index contributed by atoms with van der Waals surface area (Å²) in [5.74, 6) is -0.916. The summed E-state index contributed by atoms with van der Waals surface area (Å²) < 4.78 is 0.539. The van der Waals surface area contributed by atoms with Crippen LogP contribution in [0.25, 0.3) is 0 Å². The lowest BCUT2D eigenvalue weighted by atomic mass is 10.1. The number of thiophene rings is 1. The van der Waals surface area contributed by atoms with E-state index in [1.54, 1.807) is 6.07 Å². The standard InChI is InChI=1S/C6H4BBrO2S/c7-4-1-3(2-8)5(11-4)6(9)10/h1H,2H2,(H,9,10). The fraction of sp³-hybridized carbons (Fsp3) is 0.167. The molecule has 0 bridgehead atoms. The van der Waals surface area contributed by atoms with E-state index in [1.807, 2.05) is 0 Å². The Bertz CT molecular complexity index is 284. The average molecular weight is 231 g/mol. The molecule has 0 amide bonds. The molecule has 0 aliphatic rings. The summed E-state index contributed by atoms with van der Waals surface area (Å²) in [5, 5.41) is 9.17. The Morgan fingerprint density at radius 3 is 2.82 bits per heavy atom. The van der Waals surface area contributed by atoms with Crippen LogP contribution in [-0.4, -0.2) is 18.9 Å². The van der Waals surface area contributed by atoms with Gasteiger partial charge in [-0.15, -0.1) is 11.3 Å². The number of hydrogen-bond donors (Lipinski definition) is 1. The third kappa shape index (κ3) is 1.84. The van der Waals surface area contributed by atoms with Gasteiger partial charge in [-0.05, 0) is 10.3 Å². The number of carbonyl (C=O) groups is 1. The molecule has 2 radical (unpaired) electrons. The lowest BCUT2D eigenvalue weighted by Crippen LogP contribution is -1.95. The zero-order chi connectivity index (χ0) is 8.43. The molecule has 0 aromatic carbocycles. The van der Waals surface area contributed by atoms with Crippen LogP contribution in [0.4, 0.5) is 0 Å². The van der Waals surface area contributed by atoms with Gasteiger partial charge in [0.15, 0.2) is 0 Å². The highest BCUT2D eigenvalue weighted by atomic mass is 79.9. The van der Waals surface area contributed by atoms with Gasteiger partial charge in [-0.3, -0.25) is 0 Å². The zero-order valence-electron chi connectivity index (χ0n) is 5.50. The lowest BCUT2D eigenvalue weighted by molar-refractivity contribution is 0.0701. The summed E-state index contributed by atoms with van der Waals surface area (Å²) in [5.41, 5.74) is 0.736. The van der Waals surface area contributed by atoms with Crippen LogP contribution >= 0.6 is 27.3 Å². The summed E-state index contributed by atoms with van der Waals surface area (Å²) in [6.07, 6.45) is 0. The number of carboxylic acids is 1. The van der Waals surface area contributed by atoms with Gasteiger partial charge in [0.2, 0.25) is 0 Å². The Morgan fingerprint density at radius 2 is 2.45 bits per heavy atom. The highest BCUT2D eigenvalue weighted by Gasteiger charge is 2.11. The number of alkyl halides is 1. The molecule has 0 fully saturated rings. The Balaban J connectivity index is 3.12. The van der Waals surface area contributed by atoms with Gasteiger partial charge in [0.25, 0.3) is 0 Å². The van der Waals surface area contributed by atoms with Crippen LogP contribution in [0.15, 0.2) is 6.07 Å². The van der Waals surface area contributed by atoms with Crippen molar-refractivity contribution in [3.8, 4) is 0 Å². The first-order valence-electron chi connectivity index (χ1n) is 2.82. The number of rotatable bonds is 2. The van der Waals surface area contributed by atoms with E-state index in [4.69, 9.17) is 13.0 Å². The molecule has 1 aromatic heterocycles. The first-order valence-corrected chi connectivity index (χ1v) is 4.76. The summed E-state index contributed by atoms with van der Waals surface area (Å²) in [6, 6.07) is 1.67. The fourth-order valence-electron chi connectivity index (χ4n) is 0.730. The van der Waals surface area contributed by atoms with E-state index in [-0.39, 0.29) is 0 Å². The van der Waals surface area contributed by atoms with Crippen molar-refractivity contribution in [1.82, 2.24) is 0 Å². The van der Waals surface area contributed by atoms with Crippen LogP contribution in [-0.2, 0) is 5.33 Å². The van der Waals surface area contributed by atoms with E-state index in [0.717, 1.165) is 16.9 Å². The molecule has 5 heteroatoms. The van der Waals surface area contributed by atoms with Crippen molar-refractivity contribution in [3.63, 3.8) is 0 Å². The van der Waals surface area contributed by atoms with E-state index in [2.05, 4.69) is 15.9 Å². The first-order chi connectivity index (χ1) is 5.15. The number of aromatic carboxylic acids is 1. The minimum absolute atomic E-state index is 0.319. The molecule has 0 atom stereocenters. The van der Waals surface area contributed by atoms with Gasteiger partial charge in [0.05, 0.1) is 0 Å². The van der Waals surface area contributed by atoms with E-state index in [0.29, 0.717) is 15.0 Å². The Hall–Kier alpha value is -0.285. The quantitative estimate of drug-likeness (QED) is 0.611. The Kier molecular flexibility index (Phi) is 2.73. The normalized spacial score (nSPS) is 9.91. The summed E-state index contributed by atoms with van der Waals surface area (Å²) in [4.78, 5) is 10.8. The van der Waals surface area contributed by atoms with E-state index < -0.39 is 5.97 Å². The first kappa shape index (κ1) is 8.81. The largest absolute Gasteiger partial charge is 0.477 e. The van der Waals surface area contributed by atoms with E-state index >= 15 is 0 Å². The van der Waals surface area contributed by atoms with Crippen molar-refractivity contribution in [1.29, 1.82) is 0 Å². The Labute approximate surface area is 77.8 Å². The number of carboxylic acid groups (broad SMARTS) is 1. The molecule has 56 valence electrons. The third-order valence-electron chi connectivity index (χ3n) is 1.17. The van der Waals surface area contributed by atoms with Gasteiger partial charge in [-0.2, -0.15) is 0 Å². The van der Waals surface area contributed by atoms with Crippen molar-refractivity contribution in [2.45, 2.75) is 5.33 Å². The second-order valence-corrected chi connectivity index (χ2v) is 3.59. The van der Waals surface area contributed by atoms with Gasteiger partial charge in [0.1, 0.15) is 12.7 Å². The van der Waals surface area contributed by atoms with Gasteiger partial charge in [0, 0.05) is 5.33 Å². The van der Waals surface area contributed by atoms with Crippen LogP contribution in [0.2, 0.25) is 0 Å². The fourth-order valence-corrected chi connectivity index (χ4v) is 2.14. The molecular formula is C6H4BBrO2S. The highest BCUT2D eigenvalue weighted by molar-refractivity contribution is 9.08. The zero-order valence-corrected chi connectivity index (χ0v) is 7.91. The van der Waals surface area contributed by atoms with Gasteiger partial charge >= 0.3 is 5.97 Å². The van der Waals surface area contributed by atoms with Crippen LogP contribution in [0, 0.1) is 0 Å². The molecule has 1 heterocycles. The highest BCUT2D eigenvalue weighted by Crippen LogP contribution is 2.16. The van der Waals surface area contributed by atoms with E-state index in [1.165, 1.54) is 0 Å². The SMILES string of the molecule is [B]c1cc(CBr)c(C(=O)O)s1. The molecule has 1 N–H and O–H groups in total. The van der Waals surface area contributed by atoms with E-state index in [9.17, 15) is 4.79 Å². The second kappa shape index (κ2) is 3.41. The smallest absolute Gasteiger partial charge is 0.346 e.